The van der Waals surface area contributed by atoms with Gasteiger partial charge in [-0.05, 0) is 43.0 Å². The molecule has 0 amide bonds. The van der Waals surface area contributed by atoms with Crippen LogP contribution in [0.3, 0.4) is 0 Å². The average molecular weight is 406 g/mol. The number of pyridine rings is 1. The number of nitrogens with zero attached hydrogens (tertiary/aromatic N) is 4. The zero-order valence-electron chi connectivity index (χ0n) is 15.7. The van der Waals surface area contributed by atoms with Gasteiger partial charge in [0.25, 0.3) is 6.43 Å². The number of oxazole rings is 1. The van der Waals surface area contributed by atoms with Gasteiger partial charge in [0, 0.05) is 22.8 Å². The van der Waals surface area contributed by atoms with Crippen molar-refractivity contribution in [2.75, 3.05) is 5.32 Å². The number of aromatic nitrogens is 4. The number of nitriles is 1. The van der Waals surface area contributed by atoms with Crippen LogP contribution in [-0.4, -0.2) is 20.2 Å². The highest BCUT2D eigenvalue weighted by molar-refractivity contribution is 5.93. The molecule has 150 valence electrons. The van der Waals surface area contributed by atoms with Gasteiger partial charge in [-0.25, -0.2) is 13.8 Å². The molecule has 9 heteroatoms. The number of fused-ring (bicyclic) bond motifs is 2. The highest BCUT2D eigenvalue weighted by Gasteiger charge is 2.29. The first-order valence-corrected chi connectivity index (χ1v) is 9.49. The molecule has 7 nitrogen and oxygen atoms in total. The molecule has 4 aromatic rings. The molecule has 1 aliphatic rings. The lowest BCUT2D eigenvalue weighted by atomic mass is 9.87. The molecule has 2 N–H and O–H groups in total. The molecular weight excluding hydrogens is 390 g/mol. The molecule has 0 spiro atoms. The van der Waals surface area contributed by atoms with Crippen LogP contribution in [0.4, 0.5) is 14.5 Å². The summed E-state index contributed by atoms with van der Waals surface area (Å²) in [5.74, 6) is 0.550. The van der Waals surface area contributed by atoms with Crippen molar-refractivity contribution < 1.29 is 13.2 Å². The minimum atomic E-state index is -2.71. The van der Waals surface area contributed by atoms with E-state index in [1.165, 1.54) is 12.6 Å². The number of benzene rings is 1. The summed E-state index contributed by atoms with van der Waals surface area (Å²) >= 11 is 0. The van der Waals surface area contributed by atoms with Crippen LogP contribution in [0.15, 0.2) is 41.4 Å². The van der Waals surface area contributed by atoms with E-state index in [4.69, 9.17) is 4.42 Å². The molecule has 5 rings (SSSR count). The molecule has 1 aromatic carbocycles. The van der Waals surface area contributed by atoms with E-state index in [2.05, 4.69) is 25.5 Å². The van der Waals surface area contributed by atoms with Crippen molar-refractivity contribution in [2.24, 2.45) is 0 Å². The Morgan fingerprint density at radius 3 is 2.97 bits per heavy atom. The fourth-order valence-corrected chi connectivity index (χ4v) is 4.07. The third-order valence-corrected chi connectivity index (χ3v) is 5.41. The standard InChI is InChI=1S/C21H16F2N6O/c22-21(23)18-11(7-24)8-26-19-13(18)2-1-3-16(19)27-12-4-5-15-14(6-12)20(29-28-15)17-9-25-10-30-17/h4-6,8-10,16,21,27H,1-3H2,(H,28,29)/t16-/m1/s1. The molecular formula is C21H16F2N6O. The zero-order chi connectivity index (χ0) is 20.7. The molecule has 0 aliphatic heterocycles. The van der Waals surface area contributed by atoms with Gasteiger partial charge in [0.2, 0.25) is 0 Å². The first-order valence-electron chi connectivity index (χ1n) is 9.49. The molecule has 0 unspecified atom stereocenters. The fourth-order valence-electron chi connectivity index (χ4n) is 4.07. The Bertz CT molecular complexity index is 1260. The average Bonchev–Trinajstić information content (AvgIpc) is 3.42. The predicted octanol–water partition coefficient (Wildman–Crippen LogP) is 4.91. The second-order valence-electron chi connectivity index (χ2n) is 7.15. The third-order valence-electron chi connectivity index (χ3n) is 5.41. The Morgan fingerprint density at radius 2 is 2.20 bits per heavy atom. The number of halogens is 2. The van der Waals surface area contributed by atoms with Crippen molar-refractivity contribution in [3.63, 3.8) is 0 Å². The van der Waals surface area contributed by atoms with Crippen molar-refractivity contribution in [3.05, 3.63) is 59.4 Å². The maximum Gasteiger partial charge on any atom is 0.265 e. The summed E-state index contributed by atoms with van der Waals surface area (Å²) in [6.45, 7) is 0. The number of rotatable bonds is 4. The Labute approximate surface area is 169 Å². The Kier molecular flexibility index (Phi) is 4.39. The first-order chi connectivity index (χ1) is 14.7. The number of aromatic amines is 1. The largest absolute Gasteiger partial charge is 0.442 e. The van der Waals surface area contributed by atoms with Gasteiger partial charge in [-0.3, -0.25) is 10.1 Å². The quantitative estimate of drug-likeness (QED) is 0.499. The lowest BCUT2D eigenvalue weighted by Gasteiger charge is -2.28. The number of hydrogen-bond donors (Lipinski definition) is 2. The number of nitrogens with one attached hydrogen (secondary N) is 2. The van der Waals surface area contributed by atoms with E-state index in [1.54, 1.807) is 6.20 Å². The Morgan fingerprint density at radius 1 is 1.30 bits per heavy atom. The molecule has 1 atom stereocenters. The van der Waals surface area contributed by atoms with Gasteiger partial charge in [0.05, 0.1) is 29.0 Å². The molecule has 0 radical (unpaired) electrons. The van der Waals surface area contributed by atoms with Crippen LogP contribution >= 0.6 is 0 Å². The monoisotopic (exact) mass is 406 g/mol. The highest BCUT2D eigenvalue weighted by Crippen LogP contribution is 2.38. The minimum absolute atomic E-state index is 0.0547. The molecule has 0 fully saturated rings. The maximum atomic E-state index is 13.7. The summed E-state index contributed by atoms with van der Waals surface area (Å²) in [4.78, 5) is 8.30. The van der Waals surface area contributed by atoms with Crippen molar-refractivity contribution in [1.29, 1.82) is 5.26 Å². The number of H-pyrrole nitrogens is 1. The number of anilines is 1. The topological polar surface area (TPSA) is 103 Å². The van der Waals surface area contributed by atoms with E-state index in [1.807, 2.05) is 24.3 Å². The fraction of sp³-hybridized carbons (Fsp3) is 0.238. The molecule has 3 heterocycles. The van der Waals surface area contributed by atoms with Crippen LogP contribution in [0.1, 0.15) is 47.7 Å². The molecule has 0 bridgehead atoms. The van der Waals surface area contributed by atoms with Gasteiger partial charge in [-0.1, -0.05) is 0 Å². The van der Waals surface area contributed by atoms with E-state index in [-0.39, 0.29) is 17.2 Å². The summed E-state index contributed by atoms with van der Waals surface area (Å²) in [6.07, 6.45) is 3.47. The van der Waals surface area contributed by atoms with Gasteiger partial charge in [-0.2, -0.15) is 10.4 Å². The summed E-state index contributed by atoms with van der Waals surface area (Å²) in [5.41, 5.74) is 3.12. The second-order valence-corrected chi connectivity index (χ2v) is 7.15. The zero-order valence-corrected chi connectivity index (χ0v) is 15.7. The lowest BCUT2D eigenvalue weighted by molar-refractivity contribution is 0.149. The third kappa shape index (κ3) is 2.97. The van der Waals surface area contributed by atoms with Crippen LogP contribution in [0.5, 0.6) is 0 Å². The van der Waals surface area contributed by atoms with Crippen LogP contribution in [0.25, 0.3) is 22.4 Å². The second kappa shape index (κ2) is 7.22. The van der Waals surface area contributed by atoms with Crippen LogP contribution in [0.2, 0.25) is 0 Å². The SMILES string of the molecule is N#Cc1cnc2c(c1C(F)F)CCC[C@H]2Nc1ccc2[nH]nc(-c3cnco3)c2c1. The van der Waals surface area contributed by atoms with Crippen LogP contribution in [0, 0.1) is 11.3 Å². The van der Waals surface area contributed by atoms with Gasteiger partial charge in [-0.15, -0.1) is 0 Å². The molecule has 0 saturated heterocycles. The molecule has 3 aromatic heterocycles. The van der Waals surface area contributed by atoms with Crippen molar-refractivity contribution in [3.8, 4) is 17.5 Å². The first kappa shape index (κ1) is 18.2. The van der Waals surface area contributed by atoms with E-state index in [0.717, 1.165) is 29.4 Å². The number of alkyl halides is 2. The van der Waals surface area contributed by atoms with Crippen LogP contribution < -0.4 is 5.32 Å². The normalized spacial score (nSPS) is 15.9. The Balaban J connectivity index is 1.52. The van der Waals surface area contributed by atoms with E-state index in [9.17, 15) is 14.0 Å². The van der Waals surface area contributed by atoms with Gasteiger partial charge in [0.1, 0.15) is 11.8 Å². The summed E-state index contributed by atoms with van der Waals surface area (Å²) in [7, 11) is 0. The van der Waals surface area contributed by atoms with E-state index >= 15 is 0 Å². The Hall–Kier alpha value is -3.80. The lowest BCUT2D eigenvalue weighted by Crippen LogP contribution is -2.21. The molecule has 1 aliphatic carbocycles. The predicted molar refractivity (Wildman–Crippen MR) is 105 cm³/mol. The van der Waals surface area contributed by atoms with Gasteiger partial charge < -0.3 is 9.73 Å². The van der Waals surface area contributed by atoms with Crippen molar-refractivity contribution >= 4 is 16.6 Å². The highest BCUT2D eigenvalue weighted by atomic mass is 19.3. The summed E-state index contributed by atoms with van der Waals surface area (Å²) in [6, 6.07) is 7.34. The van der Waals surface area contributed by atoms with Crippen molar-refractivity contribution in [2.45, 2.75) is 31.7 Å². The van der Waals surface area contributed by atoms with Crippen LogP contribution in [-0.2, 0) is 6.42 Å². The summed E-state index contributed by atoms with van der Waals surface area (Å²) < 4.78 is 32.7. The number of hydrogen-bond acceptors (Lipinski definition) is 6. The van der Waals surface area contributed by atoms with Crippen molar-refractivity contribution in [1.82, 2.24) is 20.2 Å². The van der Waals surface area contributed by atoms with E-state index in [0.29, 0.717) is 29.1 Å². The van der Waals surface area contributed by atoms with E-state index < -0.39 is 6.43 Å². The maximum absolute atomic E-state index is 13.7. The van der Waals surface area contributed by atoms with Gasteiger partial charge >= 0.3 is 0 Å². The molecule has 0 saturated carbocycles. The summed E-state index contributed by atoms with van der Waals surface area (Å²) in [5, 5.41) is 20.7. The van der Waals surface area contributed by atoms with Gasteiger partial charge in [0.15, 0.2) is 12.2 Å². The smallest absolute Gasteiger partial charge is 0.265 e. The minimum Gasteiger partial charge on any atom is -0.442 e. The molecule has 30 heavy (non-hydrogen) atoms.